The Morgan fingerprint density at radius 1 is 1.17 bits per heavy atom. The molecule has 0 unspecified atom stereocenters. The normalized spacial score (nSPS) is 14.7. The summed E-state index contributed by atoms with van der Waals surface area (Å²) >= 11 is 0. The van der Waals surface area contributed by atoms with Crippen molar-refractivity contribution in [3.63, 3.8) is 0 Å². The number of pyridine rings is 1. The van der Waals surface area contributed by atoms with Crippen LogP contribution >= 0.6 is 0 Å². The molecule has 188 valence electrons. The van der Waals surface area contributed by atoms with Gasteiger partial charge >= 0.3 is 6.18 Å². The molecule has 4 heterocycles. The topological polar surface area (TPSA) is 93.0 Å². The van der Waals surface area contributed by atoms with Crippen LogP contribution in [0.4, 0.5) is 36.4 Å². The molecule has 3 aromatic heterocycles. The number of halogens is 3. The van der Waals surface area contributed by atoms with E-state index in [9.17, 15) is 13.2 Å². The van der Waals surface area contributed by atoms with Crippen molar-refractivity contribution in [2.75, 3.05) is 42.8 Å². The number of aryl methyl sites for hydroxylation is 1. The fourth-order valence-electron chi connectivity index (χ4n) is 4.34. The van der Waals surface area contributed by atoms with Crippen LogP contribution in [0.1, 0.15) is 37.9 Å². The number of hydrogen-bond donors (Lipinski definition) is 2. The van der Waals surface area contributed by atoms with Gasteiger partial charge in [0.1, 0.15) is 18.0 Å². The fourth-order valence-corrected chi connectivity index (χ4v) is 4.34. The van der Waals surface area contributed by atoms with Crippen molar-refractivity contribution in [2.24, 2.45) is 0 Å². The van der Waals surface area contributed by atoms with Crippen molar-refractivity contribution in [3.8, 4) is 11.6 Å². The smallest absolute Gasteiger partial charge is 0.389 e. The Hall–Kier alpha value is -3.57. The number of rotatable bonds is 8. The Bertz CT molecular complexity index is 1210. The van der Waals surface area contributed by atoms with E-state index in [4.69, 9.17) is 4.74 Å². The highest BCUT2D eigenvalue weighted by molar-refractivity contribution is 5.70. The second kappa shape index (κ2) is 9.23. The molecule has 1 aliphatic heterocycles. The van der Waals surface area contributed by atoms with Crippen molar-refractivity contribution < 1.29 is 17.9 Å². The Balaban J connectivity index is 1.63. The first-order chi connectivity index (χ1) is 16.5. The van der Waals surface area contributed by atoms with E-state index in [0.29, 0.717) is 41.4 Å². The highest BCUT2D eigenvalue weighted by atomic mass is 19.4. The molecule has 0 saturated carbocycles. The van der Waals surface area contributed by atoms with Crippen molar-refractivity contribution in [3.05, 3.63) is 36.0 Å². The average molecular weight is 491 g/mol. The molecule has 0 bridgehead atoms. The quantitative estimate of drug-likeness (QED) is 0.473. The average Bonchev–Trinajstić information content (AvgIpc) is 3.32. The largest absolute Gasteiger partial charge is 0.493 e. The highest BCUT2D eigenvalue weighted by Crippen LogP contribution is 2.44. The number of alkyl halides is 3. The molecule has 12 heteroatoms. The SMILES string of the molecule is CNc1nc(Nc2cnc(-n3cnc(C)c3)c(OC)c2)nc2c1C(C)(C)CN2CCCC(F)(F)F. The van der Waals surface area contributed by atoms with E-state index >= 15 is 0 Å². The Morgan fingerprint density at radius 2 is 1.94 bits per heavy atom. The first-order valence-corrected chi connectivity index (χ1v) is 11.2. The first-order valence-electron chi connectivity index (χ1n) is 11.2. The van der Waals surface area contributed by atoms with E-state index < -0.39 is 12.6 Å². The number of nitrogens with zero attached hydrogens (tertiary/aromatic N) is 6. The zero-order chi connectivity index (χ0) is 25.4. The molecule has 4 rings (SSSR count). The van der Waals surface area contributed by atoms with Gasteiger partial charge in [-0.25, -0.2) is 9.97 Å². The number of imidazole rings is 1. The summed E-state index contributed by atoms with van der Waals surface area (Å²) < 4.78 is 45.4. The number of ether oxygens (including phenoxy) is 1. The second-order valence-corrected chi connectivity index (χ2v) is 9.17. The van der Waals surface area contributed by atoms with Crippen LogP contribution in [0.5, 0.6) is 5.75 Å². The van der Waals surface area contributed by atoms with Gasteiger partial charge in [0.25, 0.3) is 0 Å². The van der Waals surface area contributed by atoms with Gasteiger partial charge < -0.3 is 20.3 Å². The molecule has 0 atom stereocenters. The van der Waals surface area contributed by atoms with Crippen molar-refractivity contribution in [1.82, 2.24) is 24.5 Å². The summed E-state index contributed by atoms with van der Waals surface area (Å²) in [5.74, 6) is 2.68. The summed E-state index contributed by atoms with van der Waals surface area (Å²) in [6.07, 6.45) is 0.120. The molecule has 0 spiro atoms. The molecule has 0 aromatic carbocycles. The molecule has 9 nitrogen and oxygen atoms in total. The van der Waals surface area contributed by atoms with Gasteiger partial charge in [0, 0.05) is 49.8 Å². The van der Waals surface area contributed by atoms with Gasteiger partial charge in [-0.05, 0) is 13.3 Å². The van der Waals surface area contributed by atoms with Crippen LogP contribution in [-0.2, 0) is 5.41 Å². The third-order valence-corrected chi connectivity index (χ3v) is 5.84. The molecular weight excluding hydrogens is 461 g/mol. The van der Waals surface area contributed by atoms with Crippen LogP contribution in [0.2, 0.25) is 0 Å². The maximum atomic E-state index is 12.7. The minimum absolute atomic E-state index is 0.00300. The zero-order valence-electron chi connectivity index (χ0n) is 20.4. The Morgan fingerprint density at radius 3 is 2.57 bits per heavy atom. The summed E-state index contributed by atoms with van der Waals surface area (Å²) in [6, 6.07) is 1.78. The Labute approximate surface area is 201 Å². The summed E-state index contributed by atoms with van der Waals surface area (Å²) in [6.45, 7) is 6.78. The van der Waals surface area contributed by atoms with E-state index in [0.717, 1.165) is 11.3 Å². The summed E-state index contributed by atoms with van der Waals surface area (Å²) in [5.41, 5.74) is 2.02. The van der Waals surface area contributed by atoms with E-state index in [1.54, 1.807) is 37.3 Å². The maximum Gasteiger partial charge on any atom is 0.389 e. The number of hydrogen-bond acceptors (Lipinski definition) is 8. The zero-order valence-corrected chi connectivity index (χ0v) is 20.4. The van der Waals surface area contributed by atoms with E-state index in [-0.39, 0.29) is 18.4 Å². The molecule has 0 amide bonds. The lowest BCUT2D eigenvalue weighted by Crippen LogP contribution is -2.30. The van der Waals surface area contributed by atoms with Crippen molar-refractivity contribution in [1.29, 1.82) is 0 Å². The van der Waals surface area contributed by atoms with Crippen LogP contribution in [0, 0.1) is 6.92 Å². The van der Waals surface area contributed by atoms with E-state index in [1.165, 1.54) is 0 Å². The standard InChI is InChI=1S/C23H29F3N8O/c1-14-11-34(13-29-14)19-16(35-5)9-15(10-28-19)30-21-31-18(27-4)17-20(32-21)33(12-22(17,2)3)8-6-7-23(24,25)26/h9-11,13H,6-8,12H2,1-5H3,(H2,27,30,31,32). The number of methoxy groups -OCH3 is 1. The van der Waals surface area contributed by atoms with Crippen LogP contribution in [0.3, 0.4) is 0 Å². The lowest BCUT2D eigenvalue weighted by atomic mass is 9.88. The highest BCUT2D eigenvalue weighted by Gasteiger charge is 2.40. The number of aromatic nitrogens is 5. The van der Waals surface area contributed by atoms with Gasteiger partial charge in [-0.1, -0.05) is 13.8 Å². The number of fused-ring (bicyclic) bond motifs is 1. The van der Waals surface area contributed by atoms with Crippen LogP contribution in [0.25, 0.3) is 5.82 Å². The van der Waals surface area contributed by atoms with Crippen molar-refractivity contribution >= 4 is 23.3 Å². The molecule has 35 heavy (non-hydrogen) atoms. The fraction of sp³-hybridized carbons (Fsp3) is 0.478. The maximum absolute atomic E-state index is 12.7. The number of nitrogens with one attached hydrogen (secondary N) is 2. The van der Waals surface area contributed by atoms with Crippen LogP contribution in [-0.4, -0.2) is 57.9 Å². The molecule has 0 saturated heterocycles. The minimum atomic E-state index is -4.18. The van der Waals surface area contributed by atoms with Gasteiger partial charge in [0.05, 0.1) is 24.7 Å². The summed E-state index contributed by atoms with van der Waals surface area (Å²) in [4.78, 5) is 19.9. The molecule has 0 aliphatic carbocycles. The van der Waals surface area contributed by atoms with Gasteiger partial charge in [-0.2, -0.15) is 23.1 Å². The third kappa shape index (κ3) is 5.25. The van der Waals surface area contributed by atoms with E-state index in [2.05, 4.69) is 30.6 Å². The lowest BCUT2D eigenvalue weighted by Gasteiger charge is -2.22. The second-order valence-electron chi connectivity index (χ2n) is 9.17. The number of anilines is 4. The summed E-state index contributed by atoms with van der Waals surface area (Å²) in [5, 5.41) is 6.28. The molecule has 2 N–H and O–H groups in total. The predicted molar refractivity (Wildman–Crippen MR) is 128 cm³/mol. The van der Waals surface area contributed by atoms with Gasteiger partial charge in [0.2, 0.25) is 5.95 Å². The van der Waals surface area contributed by atoms with Gasteiger partial charge in [0.15, 0.2) is 11.6 Å². The van der Waals surface area contributed by atoms with E-state index in [1.807, 2.05) is 31.9 Å². The molecule has 1 aliphatic rings. The van der Waals surface area contributed by atoms with Crippen molar-refractivity contribution in [2.45, 2.75) is 45.2 Å². The van der Waals surface area contributed by atoms with Gasteiger partial charge in [-0.3, -0.25) is 4.57 Å². The van der Waals surface area contributed by atoms with Gasteiger partial charge in [-0.15, -0.1) is 0 Å². The van der Waals surface area contributed by atoms with Crippen LogP contribution < -0.4 is 20.3 Å². The predicted octanol–water partition coefficient (Wildman–Crippen LogP) is 4.60. The first kappa shape index (κ1) is 24.6. The Kier molecular flexibility index (Phi) is 6.48. The molecule has 3 aromatic rings. The molecular formula is C23H29F3N8O. The molecule has 0 radical (unpaired) electrons. The third-order valence-electron chi connectivity index (χ3n) is 5.84. The van der Waals surface area contributed by atoms with Crippen LogP contribution in [0.15, 0.2) is 24.8 Å². The minimum Gasteiger partial charge on any atom is -0.493 e. The molecule has 0 fully saturated rings. The lowest BCUT2D eigenvalue weighted by molar-refractivity contribution is -0.135. The monoisotopic (exact) mass is 490 g/mol. The summed E-state index contributed by atoms with van der Waals surface area (Å²) in [7, 11) is 3.32.